The Morgan fingerprint density at radius 1 is 1.12 bits per heavy atom. The lowest BCUT2D eigenvalue weighted by Gasteiger charge is -2.21. The van der Waals surface area contributed by atoms with Crippen molar-refractivity contribution in [3.05, 3.63) is 57.3 Å². The molecule has 0 saturated heterocycles. The third kappa shape index (κ3) is 4.96. The van der Waals surface area contributed by atoms with E-state index in [1.807, 2.05) is 19.9 Å². The van der Waals surface area contributed by atoms with Crippen LogP contribution in [0.15, 0.2) is 30.3 Å². The molecule has 0 spiro atoms. The van der Waals surface area contributed by atoms with Crippen molar-refractivity contribution in [1.82, 2.24) is 0 Å². The Labute approximate surface area is 161 Å². The minimum Gasteiger partial charge on any atom is -0.324 e. The maximum Gasteiger partial charge on any atom is 0.226 e. The molecule has 2 rings (SSSR count). The second kappa shape index (κ2) is 8.52. The Morgan fingerprint density at radius 2 is 1.81 bits per heavy atom. The zero-order valence-corrected chi connectivity index (χ0v) is 16.2. The number of carbonyl (C=O) groups is 2. The molecule has 0 fully saturated rings. The molecule has 0 aliphatic carbocycles. The Balaban J connectivity index is 2.08. The second-order valence-corrected chi connectivity index (χ2v) is 6.82. The van der Waals surface area contributed by atoms with Crippen LogP contribution in [0.2, 0.25) is 10.0 Å². The smallest absolute Gasteiger partial charge is 0.226 e. The van der Waals surface area contributed by atoms with Gasteiger partial charge in [0.1, 0.15) is 5.82 Å². The number of nitrogens with one attached hydrogen (secondary N) is 1. The van der Waals surface area contributed by atoms with Crippen molar-refractivity contribution in [3.63, 3.8) is 0 Å². The van der Waals surface area contributed by atoms with Crippen LogP contribution < -0.4 is 10.2 Å². The van der Waals surface area contributed by atoms with Gasteiger partial charge in [0.25, 0.3) is 0 Å². The van der Waals surface area contributed by atoms with Crippen LogP contribution in [0.25, 0.3) is 0 Å². The molecule has 138 valence electrons. The number of anilines is 2. The standard InChI is InChI=1S/C19H19Cl2FN2O2/c1-11-8-12(2)19(16(21)9-11)23-18(26)6-7-24(13(3)25)14-4-5-17(22)15(20)10-14/h4-5,8-10H,6-7H2,1-3H3,(H,23,26). The minimum absolute atomic E-state index is 0.0538. The first-order valence-electron chi connectivity index (χ1n) is 7.98. The number of rotatable bonds is 5. The molecule has 7 heteroatoms. The van der Waals surface area contributed by atoms with E-state index < -0.39 is 5.82 Å². The van der Waals surface area contributed by atoms with Crippen molar-refractivity contribution in [2.45, 2.75) is 27.2 Å². The third-order valence-corrected chi connectivity index (χ3v) is 4.44. The molecule has 1 N–H and O–H groups in total. The number of carbonyl (C=O) groups excluding carboxylic acids is 2. The fourth-order valence-corrected chi connectivity index (χ4v) is 3.15. The highest BCUT2D eigenvalue weighted by Gasteiger charge is 2.16. The third-order valence-electron chi connectivity index (χ3n) is 3.85. The molecular formula is C19H19Cl2FN2O2. The molecule has 0 aliphatic rings. The van der Waals surface area contributed by atoms with Crippen LogP contribution in [-0.4, -0.2) is 18.4 Å². The minimum atomic E-state index is -0.568. The average molecular weight is 397 g/mol. The van der Waals surface area contributed by atoms with Gasteiger partial charge in [-0.25, -0.2) is 4.39 Å². The summed E-state index contributed by atoms with van der Waals surface area (Å²) in [4.78, 5) is 25.6. The molecule has 0 radical (unpaired) electrons. The Bertz CT molecular complexity index is 832. The van der Waals surface area contributed by atoms with Gasteiger partial charge < -0.3 is 10.2 Å². The van der Waals surface area contributed by atoms with E-state index in [4.69, 9.17) is 23.2 Å². The highest BCUT2D eigenvalue weighted by atomic mass is 35.5. The Morgan fingerprint density at radius 3 is 2.38 bits per heavy atom. The van der Waals surface area contributed by atoms with Crippen molar-refractivity contribution in [2.24, 2.45) is 0 Å². The van der Waals surface area contributed by atoms with Gasteiger partial charge in [-0.05, 0) is 49.2 Å². The first-order valence-corrected chi connectivity index (χ1v) is 8.74. The molecule has 0 saturated carbocycles. The zero-order valence-electron chi connectivity index (χ0n) is 14.7. The molecule has 26 heavy (non-hydrogen) atoms. The van der Waals surface area contributed by atoms with Crippen LogP contribution in [0, 0.1) is 19.7 Å². The predicted molar refractivity (Wildman–Crippen MR) is 104 cm³/mol. The first kappa shape index (κ1) is 20.2. The normalized spacial score (nSPS) is 10.5. The quantitative estimate of drug-likeness (QED) is 0.761. The molecule has 0 bridgehead atoms. The van der Waals surface area contributed by atoms with E-state index in [9.17, 15) is 14.0 Å². The van der Waals surface area contributed by atoms with E-state index in [0.717, 1.165) is 11.1 Å². The van der Waals surface area contributed by atoms with E-state index >= 15 is 0 Å². The summed E-state index contributed by atoms with van der Waals surface area (Å²) in [6, 6.07) is 7.68. The summed E-state index contributed by atoms with van der Waals surface area (Å²) in [7, 11) is 0. The number of hydrogen-bond donors (Lipinski definition) is 1. The van der Waals surface area contributed by atoms with Crippen molar-refractivity contribution < 1.29 is 14.0 Å². The summed E-state index contributed by atoms with van der Waals surface area (Å²) in [5.41, 5.74) is 2.85. The fourth-order valence-electron chi connectivity index (χ4n) is 2.61. The number of benzene rings is 2. The molecule has 0 unspecified atom stereocenters. The molecule has 0 atom stereocenters. The van der Waals surface area contributed by atoms with Gasteiger partial charge in [-0.3, -0.25) is 9.59 Å². The van der Waals surface area contributed by atoms with E-state index in [1.54, 1.807) is 6.07 Å². The maximum absolute atomic E-state index is 13.3. The van der Waals surface area contributed by atoms with E-state index in [1.165, 1.54) is 30.0 Å². The summed E-state index contributed by atoms with van der Waals surface area (Å²) in [5.74, 6) is -1.12. The summed E-state index contributed by atoms with van der Waals surface area (Å²) >= 11 is 12.0. The van der Waals surface area contributed by atoms with Crippen molar-refractivity contribution in [1.29, 1.82) is 0 Å². The van der Waals surface area contributed by atoms with Crippen LogP contribution in [0.1, 0.15) is 24.5 Å². The van der Waals surface area contributed by atoms with Crippen LogP contribution in [-0.2, 0) is 9.59 Å². The number of amides is 2. The van der Waals surface area contributed by atoms with Crippen LogP contribution in [0.3, 0.4) is 0 Å². The zero-order chi connectivity index (χ0) is 19.4. The molecule has 0 aromatic heterocycles. The number of aryl methyl sites for hydroxylation is 2. The summed E-state index contributed by atoms with van der Waals surface area (Å²) in [6.45, 7) is 5.28. The molecule has 0 aliphatic heterocycles. The summed E-state index contributed by atoms with van der Waals surface area (Å²) in [6.07, 6.45) is 0.0538. The van der Waals surface area contributed by atoms with Crippen molar-refractivity contribution >= 4 is 46.4 Å². The van der Waals surface area contributed by atoms with Gasteiger partial charge in [-0.1, -0.05) is 29.3 Å². The fraction of sp³-hybridized carbons (Fsp3) is 0.263. The second-order valence-electron chi connectivity index (χ2n) is 6.01. The van der Waals surface area contributed by atoms with Crippen molar-refractivity contribution in [3.8, 4) is 0 Å². The van der Waals surface area contributed by atoms with Crippen molar-refractivity contribution in [2.75, 3.05) is 16.8 Å². The van der Waals surface area contributed by atoms with Crippen LogP contribution in [0.4, 0.5) is 15.8 Å². The lowest BCUT2D eigenvalue weighted by atomic mass is 10.1. The molecular weight excluding hydrogens is 378 g/mol. The highest BCUT2D eigenvalue weighted by Crippen LogP contribution is 2.28. The number of halogens is 3. The van der Waals surface area contributed by atoms with E-state index in [2.05, 4.69) is 5.32 Å². The van der Waals surface area contributed by atoms with Gasteiger partial charge in [0.05, 0.1) is 15.7 Å². The van der Waals surface area contributed by atoms with Crippen LogP contribution in [0.5, 0.6) is 0 Å². The molecule has 4 nitrogen and oxygen atoms in total. The number of nitrogens with zero attached hydrogens (tertiary/aromatic N) is 1. The SMILES string of the molecule is CC(=O)N(CCC(=O)Nc1c(C)cc(C)cc1Cl)c1ccc(F)c(Cl)c1. The van der Waals surface area contributed by atoms with Gasteiger partial charge in [0.15, 0.2) is 0 Å². The van der Waals surface area contributed by atoms with Gasteiger partial charge >= 0.3 is 0 Å². The van der Waals surface area contributed by atoms with E-state index in [0.29, 0.717) is 16.4 Å². The highest BCUT2D eigenvalue weighted by molar-refractivity contribution is 6.34. The Hall–Kier alpha value is -2.11. The number of hydrogen-bond acceptors (Lipinski definition) is 2. The summed E-state index contributed by atoms with van der Waals surface area (Å²) in [5, 5.41) is 3.16. The predicted octanol–water partition coefficient (Wildman–Crippen LogP) is 5.13. The lowest BCUT2D eigenvalue weighted by Crippen LogP contribution is -2.32. The van der Waals surface area contributed by atoms with Gasteiger partial charge in [-0.15, -0.1) is 0 Å². The average Bonchev–Trinajstić information content (AvgIpc) is 2.54. The molecule has 2 amide bonds. The lowest BCUT2D eigenvalue weighted by molar-refractivity contribution is -0.117. The molecule has 2 aromatic carbocycles. The van der Waals surface area contributed by atoms with Gasteiger partial charge in [-0.2, -0.15) is 0 Å². The van der Waals surface area contributed by atoms with Crippen LogP contribution >= 0.6 is 23.2 Å². The first-order chi connectivity index (χ1) is 12.2. The Kier molecular flexibility index (Phi) is 6.62. The van der Waals surface area contributed by atoms with Gasteiger partial charge in [0.2, 0.25) is 11.8 Å². The van der Waals surface area contributed by atoms with Gasteiger partial charge in [0, 0.05) is 25.6 Å². The molecule has 0 heterocycles. The summed E-state index contributed by atoms with van der Waals surface area (Å²) < 4.78 is 13.3. The monoisotopic (exact) mass is 396 g/mol. The topological polar surface area (TPSA) is 49.4 Å². The maximum atomic E-state index is 13.3. The molecule has 2 aromatic rings. The largest absolute Gasteiger partial charge is 0.324 e. The van der Waals surface area contributed by atoms with E-state index in [-0.39, 0.29) is 29.8 Å².